The van der Waals surface area contributed by atoms with Crippen LogP contribution in [0.1, 0.15) is 15.9 Å². The molecule has 2 nitrogen and oxygen atoms in total. The van der Waals surface area contributed by atoms with Crippen molar-refractivity contribution in [3.8, 4) is 0 Å². The van der Waals surface area contributed by atoms with Gasteiger partial charge in [0.15, 0.2) is 0 Å². The van der Waals surface area contributed by atoms with Gasteiger partial charge >= 0.3 is 5.97 Å². The molecule has 0 unspecified atom stereocenters. The first-order valence-electron chi connectivity index (χ1n) is 5.08. The maximum absolute atomic E-state index is 10.9. The van der Waals surface area contributed by atoms with E-state index in [1.807, 2.05) is 30.3 Å². The van der Waals surface area contributed by atoms with E-state index in [2.05, 4.69) is 6.58 Å². The van der Waals surface area contributed by atoms with Crippen LogP contribution in [0.3, 0.4) is 0 Å². The lowest BCUT2D eigenvalue weighted by Crippen LogP contribution is -1.96. The predicted octanol–water partition coefficient (Wildman–Crippen LogP) is 3.27. The standard InChI is InChI=1S/C14H12O2/c1-2-4-10-5-3-6-11-7-8-12(14(15)16)9-13(10)11/h2-3,5-9H,1,4H2,(H,15,16). The summed E-state index contributed by atoms with van der Waals surface area (Å²) in [6.07, 6.45) is 2.57. The van der Waals surface area contributed by atoms with E-state index >= 15 is 0 Å². The Bertz CT molecular complexity index is 556. The molecule has 2 aromatic carbocycles. The first-order chi connectivity index (χ1) is 7.72. The van der Waals surface area contributed by atoms with E-state index in [0.717, 1.165) is 22.8 Å². The minimum atomic E-state index is -0.893. The quantitative estimate of drug-likeness (QED) is 0.793. The fourth-order valence-electron chi connectivity index (χ4n) is 1.80. The van der Waals surface area contributed by atoms with Crippen LogP contribution in [0.15, 0.2) is 49.1 Å². The van der Waals surface area contributed by atoms with Crippen LogP contribution >= 0.6 is 0 Å². The normalized spacial score (nSPS) is 10.2. The number of carboxylic acid groups (broad SMARTS) is 1. The maximum atomic E-state index is 10.9. The van der Waals surface area contributed by atoms with E-state index in [0.29, 0.717) is 5.56 Å². The molecule has 2 rings (SSSR count). The van der Waals surface area contributed by atoms with E-state index < -0.39 is 5.97 Å². The minimum absolute atomic E-state index is 0.323. The molecule has 0 saturated carbocycles. The van der Waals surface area contributed by atoms with Crippen molar-refractivity contribution in [3.63, 3.8) is 0 Å². The van der Waals surface area contributed by atoms with Crippen molar-refractivity contribution in [2.24, 2.45) is 0 Å². The van der Waals surface area contributed by atoms with E-state index in [1.54, 1.807) is 12.1 Å². The van der Waals surface area contributed by atoms with Gasteiger partial charge in [-0.05, 0) is 34.9 Å². The molecule has 0 spiro atoms. The van der Waals surface area contributed by atoms with Gasteiger partial charge in [0.2, 0.25) is 0 Å². The molecule has 0 atom stereocenters. The van der Waals surface area contributed by atoms with E-state index in [4.69, 9.17) is 5.11 Å². The SMILES string of the molecule is C=CCc1cccc2ccc(C(=O)O)cc12. The Kier molecular flexibility index (Phi) is 2.73. The Morgan fingerprint density at radius 1 is 1.31 bits per heavy atom. The number of benzene rings is 2. The molecule has 0 aliphatic carbocycles. The van der Waals surface area contributed by atoms with Crippen LogP contribution in [0.25, 0.3) is 10.8 Å². The minimum Gasteiger partial charge on any atom is -0.478 e. The average Bonchev–Trinajstić information content (AvgIpc) is 2.29. The molecule has 2 aromatic rings. The lowest BCUT2D eigenvalue weighted by Gasteiger charge is -2.05. The van der Waals surface area contributed by atoms with Gasteiger partial charge in [-0.25, -0.2) is 4.79 Å². The summed E-state index contributed by atoms with van der Waals surface area (Å²) in [6, 6.07) is 11.1. The van der Waals surface area contributed by atoms with Gasteiger partial charge < -0.3 is 5.11 Å². The van der Waals surface area contributed by atoms with Crippen LogP contribution < -0.4 is 0 Å². The zero-order valence-electron chi connectivity index (χ0n) is 8.81. The summed E-state index contributed by atoms with van der Waals surface area (Å²) in [4.78, 5) is 10.9. The van der Waals surface area contributed by atoms with Crippen LogP contribution in [0.2, 0.25) is 0 Å². The molecule has 0 radical (unpaired) electrons. The van der Waals surface area contributed by atoms with Gasteiger partial charge in [0.1, 0.15) is 0 Å². The third-order valence-corrected chi connectivity index (χ3v) is 2.58. The molecule has 0 aliphatic heterocycles. The van der Waals surface area contributed by atoms with Gasteiger partial charge in [-0.2, -0.15) is 0 Å². The van der Waals surface area contributed by atoms with Crippen LogP contribution in [0.4, 0.5) is 0 Å². The van der Waals surface area contributed by atoms with Crippen molar-refractivity contribution in [3.05, 3.63) is 60.2 Å². The number of fused-ring (bicyclic) bond motifs is 1. The summed E-state index contributed by atoms with van der Waals surface area (Å²) in [5.74, 6) is -0.893. The summed E-state index contributed by atoms with van der Waals surface area (Å²) in [5.41, 5.74) is 1.43. The Morgan fingerprint density at radius 3 is 2.81 bits per heavy atom. The third kappa shape index (κ3) is 1.82. The van der Waals surface area contributed by atoms with Gasteiger partial charge in [-0.1, -0.05) is 30.3 Å². The molecule has 0 saturated heterocycles. The van der Waals surface area contributed by atoms with E-state index in [1.165, 1.54) is 0 Å². The number of rotatable bonds is 3. The number of carboxylic acids is 1. The zero-order valence-corrected chi connectivity index (χ0v) is 8.81. The first-order valence-corrected chi connectivity index (χ1v) is 5.08. The van der Waals surface area contributed by atoms with Gasteiger partial charge in [0.25, 0.3) is 0 Å². The van der Waals surface area contributed by atoms with E-state index in [9.17, 15) is 4.79 Å². The van der Waals surface area contributed by atoms with Crippen molar-refractivity contribution < 1.29 is 9.90 Å². The van der Waals surface area contributed by atoms with Crippen LogP contribution in [-0.4, -0.2) is 11.1 Å². The van der Waals surface area contributed by atoms with E-state index in [-0.39, 0.29) is 0 Å². The molecule has 1 N–H and O–H groups in total. The molecule has 80 valence electrons. The molecule has 16 heavy (non-hydrogen) atoms. The van der Waals surface area contributed by atoms with Gasteiger partial charge in [0.05, 0.1) is 5.56 Å². The lowest BCUT2D eigenvalue weighted by molar-refractivity contribution is 0.0697. The summed E-state index contributed by atoms with van der Waals surface area (Å²) in [7, 11) is 0. The average molecular weight is 212 g/mol. The second-order valence-corrected chi connectivity index (χ2v) is 3.65. The maximum Gasteiger partial charge on any atom is 0.335 e. The van der Waals surface area contributed by atoms with Crippen molar-refractivity contribution in [1.82, 2.24) is 0 Å². The number of hydrogen-bond donors (Lipinski definition) is 1. The fraction of sp³-hybridized carbons (Fsp3) is 0.0714. The fourth-order valence-corrected chi connectivity index (χ4v) is 1.80. The second-order valence-electron chi connectivity index (χ2n) is 3.65. The molecular formula is C14H12O2. The largest absolute Gasteiger partial charge is 0.478 e. The summed E-state index contributed by atoms with van der Waals surface area (Å²) in [6.45, 7) is 3.70. The molecule has 2 heteroatoms. The van der Waals surface area contributed by atoms with Crippen LogP contribution in [0.5, 0.6) is 0 Å². The highest BCUT2D eigenvalue weighted by Crippen LogP contribution is 2.21. The van der Waals surface area contributed by atoms with Gasteiger partial charge in [-0.3, -0.25) is 0 Å². The van der Waals surface area contributed by atoms with Crippen molar-refractivity contribution in [2.45, 2.75) is 6.42 Å². The first kappa shape index (κ1) is 10.4. The number of carbonyl (C=O) groups is 1. The monoisotopic (exact) mass is 212 g/mol. The summed E-state index contributed by atoms with van der Waals surface area (Å²) >= 11 is 0. The smallest absolute Gasteiger partial charge is 0.335 e. The second kappa shape index (κ2) is 4.19. The molecule has 0 aromatic heterocycles. The highest BCUT2D eigenvalue weighted by molar-refractivity contribution is 5.95. The van der Waals surface area contributed by atoms with Crippen LogP contribution in [0, 0.1) is 0 Å². The number of allylic oxidation sites excluding steroid dienone is 1. The highest BCUT2D eigenvalue weighted by Gasteiger charge is 2.05. The predicted molar refractivity (Wildman–Crippen MR) is 64.8 cm³/mol. The van der Waals surface area contributed by atoms with Gasteiger partial charge in [0, 0.05) is 0 Å². The van der Waals surface area contributed by atoms with Gasteiger partial charge in [-0.15, -0.1) is 6.58 Å². The molecule has 0 fully saturated rings. The Balaban J connectivity index is 2.67. The van der Waals surface area contributed by atoms with Crippen molar-refractivity contribution >= 4 is 16.7 Å². The molecule has 0 heterocycles. The summed E-state index contributed by atoms with van der Waals surface area (Å²) < 4.78 is 0. The molecule has 0 bridgehead atoms. The van der Waals surface area contributed by atoms with Crippen LogP contribution in [-0.2, 0) is 6.42 Å². The Labute approximate surface area is 93.8 Å². The number of aromatic carboxylic acids is 1. The molecule has 0 aliphatic rings. The topological polar surface area (TPSA) is 37.3 Å². The Morgan fingerprint density at radius 2 is 2.12 bits per heavy atom. The third-order valence-electron chi connectivity index (χ3n) is 2.58. The zero-order chi connectivity index (χ0) is 11.5. The highest BCUT2D eigenvalue weighted by atomic mass is 16.4. The Hall–Kier alpha value is -2.09. The lowest BCUT2D eigenvalue weighted by atomic mass is 10.00. The molecule has 0 amide bonds. The molecular weight excluding hydrogens is 200 g/mol. The van der Waals surface area contributed by atoms with Crippen molar-refractivity contribution in [1.29, 1.82) is 0 Å². The van der Waals surface area contributed by atoms with Crippen molar-refractivity contribution in [2.75, 3.05) is 0 Å². The summed E-state index contributed by atoms with van der Waals surface area (Å²) in [5, 5.41) is 11.0. The number of hydrogen-bond acceptors (Lipinski definition) is 1.